The first-order chi connectivity index (χ1) is 12.1. The van der Waals surface area contributed by atoms with Gasteiger partial charge in [0.2, 0.25) is 11.8 Å². The van der Waals surface area contributed by atoms with Crippen molar-refractivity contribution in [2.24, 2.45) is 11.7 Å². The maximum Gasteiger partial charge on any atom is 0.245 e. The number of thiophene rings is 1. The van der Waals surface area contributed by atoms with Crippen LogP contribution in [0, 0.1) is 5.92 Å². The molecule has 2 aliphatic rings. The van der Waals surface area contributed by atoms with E-state index in [1.807, 2.05) is 4.90 Å². The predicted molar refractivity (Wildman–Crippen MR) is 107 cm³/mol. The van der Waals surface area contributed by atoms with E-state index in [0.29, 0.717) is 13.0 Å². The van der Waals surface area contributed by atoms with Crippen molar-refractivity contribution >= 4 is 35.6 Å². The summed E-state index contributed by atoms with van der Waals surface area (Å²) in [4.78, 5) is 28.9. The highest BCUT2D eigenvalue weighted by Gasteiger charge is 2.31. The van der Waals surface area contributed by atoms with Crippen LogP contribution in [0.4, 0.5) is 0 Å². The summed E-state index contributed by atoms with van der Waals surface area (Å²) >= 11 is 1.77. The van der Waals surface area contributed by atoms with Gasteiger partial charge in [0.1, 0.15) is 6.04 Å². The Balaban J connectivity index is 0.00000243. The monoisotopic (exact) mass is 399 g/mol. The van der Waals surface area contributed by atoms with Gasteiger partial charge in [-0.15, -0.1) is 23.7 Å². The average molecular weight is 400 g/mol. The average Bonchev–Trinajstić information content (AvgIpc) is 3.08. The highest BCUT2D eigenvalue weighted by atomic mass is 35.5. The normalized spacial score (nSPS) is 23.5. The number of carbonyl (C=O) groups excluding carboxylic acids is 2. The molecule has 26 heavy (non-hydrogen) atoms. The lowest BCUT2D eigenvalue weighted by Gasteiger charge is -2.32. The lowest BCUT2D eigenvalue weighted by molar-refractivity contribution is -0.138. The number of hydrogen-bond donors (Lipinski definition) is 2. The van der Waals surface area contributed by atoms with Crippen LogP contribution in [0.3, 0.4) is 0 Å². The van der Waals surface area contributed by atoms with Crippen LogP contribution in [0.1, 0.15) is 55.9 Å². The second kappa shape index (κ2) is 9.72. The van der Waals surface area contributed by atoms with Gasteiger partial charge in [-0.1, -0.05) is 19.8 Å². The molecule has 7 heteroatoms. The molecular formula is C19H30ClN3O2S. The van der Waals surface area contributed by atoms with E-state index in [1.54, 1.807) is 11.3 Å². The largest absolute Gasteiger partial charge is 0.344 e. The van der Waals surface area contributed by atoms with Gasteiger partial charge in [-0.25, -0.2) is 0 Å². The molecule has 1 aliphatic heterocycles. The molecular weight excluding hydrogens is 370 g/mol. The quantitative estimate of drug-likeness (QED) is 0.799. The first-order valence-corrected chi connectivity index (χ1v) is 10.4. The summed E-state index contributed by atoms with van der Waals surface area (Å²) in [5.74, 6) is 0.0306. The van der Waals surface area contributed by atoms with Crippen molar-refractivity contribution in [2.45, 2.75) is 70.5 Å². The van der Waals surface area contributed by atoms with Gasteiger partial charge in [-0.05, 0) is 49.1 Å². The van der Waals surface area contributed by atoms with Crippen LogP contribution in [0.5, 0.6) is 0 Å². The van der Waals surface area contributed by atoms with Gasteiger partial charge in [0.25, 0.3) is 0 Å². The SMILES string of the molecule is CCCC(NC(=O)C1CCCC(N)C1)C(=O)N1CCc2sccc2C1.Cl. The molecule has 3 N–H and O–H groups in total. The molecule has 3 atom stereocenters. The fourth-order valence-corrected chi connectivity index (χ4v) is 4.85. The molecule has 5 nitrogen and oxygen atoms in total. The molecule has 0 spiro atoms. The fraction of sp³-hybridized carbons (Fsp3) is 0.684. The van der Waals surface area contributed by atoms with Crippen molar-refractivity contribution in [1.82, 2.24) is 10.2 Å². The zero-order valence-corrected chi connectivity index (χ0v) is 17.0. The smallest absolute Gasteiger partial charge is 0.245 e. The summed E-state index contributed by atoms with van der Waals surface area (Å²) < 4.78 is 0. The zero-order valence-electron chi connectivity index (χ0n) is 15.4. The lowest BCUT2D eigenvalue weighted by atomic mass is 9.85. The third-order valence-electron chi connectivity index (χ3n) is 5.40. The minimum Gasteiger partial charge on any atom is -0.344 e. The van der Waals surface area contributed by atoms with Crippen molar-refractivity contribution in [1.29, 1.82) is 0 Å². The number of rotatable bonds is 5. The molecule has 0 saturated heterocycles. The van der Waals surface area contributed by atoms with Gasteiger partial charge >= 0.3 is 0 Å². The van der Waals surface area contributed by atoms with Gasteiger partial charge < -0.3 is 16.0 Å². The predicted octanol–water partition coefficient (Wildman–Crippen LogP) is 2.86. The minimum absolute atomic E-state index is 0. The Morgan fingerprint density at radius 3 is 2.96 bits per heavy atom. The molecule has 146 valence electrons. The molecule has 1 saturated carbocycles. The summed E-state index contributed by atoms with van der Waals surface area (Å²) in [7, 11) is 0. The summed E-state index contributed by atoms with van der Waals surface area (Å²) in [5, 5.41) is 5.13. The standard InChI is InChI=1S/C19H29N3O2S.ClH/c1-2-4-16(21-18(23)13-5-3-6-15(20)11-13)19(24)22-9-7-17-14(12-22)8-10-25-17;/h8,10,13,15-16H,2-7,9,11-12,20H2,1H3,(H,21,23);1H. The maximum atomic E-state index is 13.0. The first-order valence-electron chi connectivity index (χ1n) is 9.48. The van der Waals surface area contributed by atoms with E-state index in [-0.39, 0.29) is 36.2 Å². The fourth-order valence-electron chi connectivity index (χ4n) is 3.96. The number of amides is 2. The van der Waals surface area contributed by atoms with E-state index in [0.717, 1.165) is 45.1 Å². The molecule has 2 amide bonds. The molecule has 0 aromatic carbocycles. The number of hydrogen-bond acceptors (Lipinski definition) is 4. The first kappa shape index (κ1) is 21.2. The number of halogens is 1. The molecule has 3 unspecified atom stereocenters. The van der Waals surface area contributed by atoms with Crippen LogP contribution >= 0.6 is 23.7 Å². The highest BCUT2D eigenvalue weighted by molar-refractivity contribution is 7.10. The lowest BCUT2D eigenvalue weighted by Crippen LogP contribution is -2.51. The van der Waals surface area contributed by atoms with Gasteiger partial charge in [0.15, 0.2) is 0 Å². The van der Waals surface area contributed by atoms with Gasteiger partial charge in [-0.2, -0.15) is 0 Å². The Hall–Kier alpha value is -1.11. The van der Waals surface area contributed by atoms with E-state index < -0.39 is 6.04 Å². The van der Waals surface area contributed by atoms with E-state index in [9.17, 15) is 9.59 Å². The Labute approximate surface area is 166 Å². The van der Waals surface area contributed by atoms with Gasteiger partial charge in [-0.3, -0.25) is 9.59 Å². The van der Waals surface area contributed by atoms with Crippen LogP contribution in [0.2, 0.25) is 0 Å². The summed E-state index contributed by atoms with van der Waals surface area (Å²) in [6.07, 6.45) is 6.10. The summed E-state index contributed by atoms with van der Waals surface area (Å²) in [5.41, 5.74) is 7.26. The molecule has 2 heterocycles. The number of nitrogens with zero attached hydrogens (tertiary/aromatic N) is 1. The number of fused-ring (bicyclic) bond motifs is 1. The summed E-state index contributed by atoms with van der Waals surface area (Å²) in [6, 6.07) is 1.82. The van der Waals surface area contributed by atoms with Crippen LogP contribution in [-0.4, -0.2) is 35.3 Å². The second-order valence-electron chi connectivity index (χ2n) is 7.35. The molecule has 0 bridgehead atoms. The topological polar surface area (TPSA) is 75.4 Å². The number of nitrogens with two attached hydrogens (primary N) is 1. The van der Waals surface area contributed by atoms with Crippen molar-refractivity contribution in [3.63, 3.8) is 0 Å². The van der Waals surface area contributed by atoms with Crippen LogP contribution in [0.25, 0.3) is 0 Å². The van der Waals surface area contributed by atoms with Crippen LogP contribution < -0.4 is 11.1 Å². The van der Waals surface area contributed by atoms with E-state index in [2.05, 4.69) is 23.7 Å². The highest BCUT2D eigenvalue weighted by Crippen LogP contribution is 2.26. The maximum absolute atomic E-state index is 13.0. The Bertz CT molecular complexity index is 622. The summed E-state index contributed by atoms with van der Waals surface area (Å²) in [6.45, 7) is 3.47. The molecule has 1 aromatic rings. The molecule has 1 aromatic heterocycles. The zero-order chi connectivity index (χ0) is 17.8. The van der Waals surface area contributed by atoms with Crippen molar-refractivity contribution < 1.29 is 9.59 Å². The second-order valence-corrected chi connectivity index (χ2v) is 8.35. The Morgan fingerprint density at radius 2 is 2.23 bits per heavy atom. The van der Waals surface area contributed by atoms with Crippen LogP contribution in [-0.2, 0) is 22.6 Å². The van der Waals surface area contributed by atoms with Gasteiger partial charge in [0.05, 0.1) is 0 Å². The number of nitrogens with one attached hydrogen (secondary N) is 1. The van der Waals surface area contributed by atoms with Crippen molar-refractivity contribution in [3.8, 4) is 0 Å². The third kappa shape index (κ3) is 4.99. The Morgan fingerprint density at radius 1 is 1.42 bits per heavy atom. The Kier molecular flexibility index (Phi) is 7.92. The third-order valence-corrected chi connectivity index (χ3v) is 6.42. The number of carbonyl (C=O) groups is 2. The van der Waals surface area contributed by atoms with E-state index >= 15 is 0 Å². The minimum atomic E-state index is -0.407. The molecule has 1 aliphatic carbocycles. The van der Waals surface area contributed by atoms with Crippen LogP contribution in [0.15, 0.2) is 11.4 Å². The van der Waals surface area contributed by atoms with Gasteiger partial charge in [0, 0.05) is 29.9 Å². The molecule has 0 radical (unpaired) electrons. The molecule has 1 fully saturated rings. The van der Waals surface area contributed by atoms with Crippen molar-refractivity contribution in [2.75, 3.05) is 6.54 Å². The molecule has 3 rings (SSSR count). The van der Waals surface area contributed by atoms with E-state index in [4.69, 9.17) is 5.73 Å². The van der Waals surface area contributed by atoms with Crippen molar-refractivity contribution in [3.05, 3.63) is 21.9 Å². The van der Waals surface area contributed by atoms with E-state index in [1.165, 1.54) is 10.4 Å².